The van der Waals surface area contributed by atoms with E-state index in [1.165, 1.54) is 0 Å². The van der Waals surface area contributed by atoms with Gasteiger partial charge in [-0.3, -0.25) is 4.79 Å². The lowest BCUT2D eigenvalue weighted by atomic mass is 9.82. The van der Waals surface area contributed by atoms with Gasteiger partial charge in [0.2, 0.25) is 5.90 Å². The minimum atomic E-state index is -1.21. The van der Waals surface area contributed by atoms with Gasteiger partial charge in [-0.1, -0.05) is 40.2 Å². The number of aliphatic imine (C=N–C) groups is 1. The van der Waals surface area contributed by atoms with Gasteiger partial charge in [0, 0.05) is 35.5 Å². The van der Waals surface area contributed by atoms with Crippen molar-refractivity contribution in [3.05, 3.63) is 94.0 Å². The largest absolute Gasteiger partial charge is 0.497 e. The highest BCUT2D eigenvalue weighted by atomic mass is 79.9. The number of nitrogens with one attached hydrogen (secondary N) is 1. The average Bonchev–Trinajstić information content (AvgIpc) is 3.68. The molecule has 0 saturated heterocycles. The first-order valence-corrected chi connectivity index (χ1v) is 13.6. The Morgan fingerprint density at radius 2 is 1.87 bits per heavy atom. The summed E-state index contributed by atoms with van der Waals surface area (Å²) in [5.41, 5.74) is 1.33. The Hall–Kier alpha value is -3.36. The molecule has 1 saturated carbocycles. The van der Waals surface area contributed by atoms with Crippen LogP contribution in [0.5, 0.6) is 11.5 Å². The van der Waals surface area contributed by atoms with E-state index in [0.29, 0.717) is 36.8 Å². The number of halogens is 1. The van der Waals surface area contributed by atoms with E-state index in [-0.39, 0.29) is 18.6 Å². The van der Waals surface area contributed by atoms with Crippen molar-refractivity contribution >= 4 is 27.7 Å². The third-order valence-electron chi connectivity index (χ3n) is 6.73. The fraction of sp³-hybridized carbons (Fsp3) is 0.333. The highest BCUT2D eigenvalue weighted by Crippen LogP contribution is 2.44. The van der Waals surface area contributed by atoms with Gasteiger partial charge in [0.15, 0.2) is 11.6 Å². The quantitative estimate of drug-likeness (QED) is 0.313. The van der Waals surface area contributed by atoms with Crippen LogP contribution in [0.3, 0.4) is 0 Å². The first-order valence-electron chi connectivity index (χ1n) is 12.8. The van der Waals surface area contributed by atoms with E-state index >= 15 is 0 Å². The smallest absolute Gasteiger partial charge is 0.252 e. The van der Waals surface area contributed by atoms with E-state index in [4.69, 9.17) is 24.3 Å². The lowest BCUT2D eigenvalue weighted by Gasteiger charge is -2.31. The number of benzene rings is 3. The zero-order chi connectivity index (χ0) is 26.5. The molecule has 8 heteroatoms. The molecule has 0 unspecified atom stereocenters. The summed E-state index contributed by atoms with van der Waals surface area (Å²) >= 11 is 3.50. The number of aliphatic hydroxyl groups excluding tert-OH is 1. The van der Waals surface area contributed by atoms with Gasteiger partial charge < -0.3 is 24.6 Å². The van der Waals surface area contributed by atoms with Crippen LogP contribution in [-0.4, -0.2) is 48.8 Å². The topological polar surface area (TPSA) is 89.4 Å². The molecule has 3 aromatic rings. The second-order valence-corrected chi connectivity index (χ2v) is 10.5. The SMILES string of the molecule is COc1cccc([C@H]2OC(c3ccc(OCCCO)cc3)=N[C@@]2(Cc2ccc(Br)cc2)C(=O)NC2CC2)c1. The molecule has 1 heterocycles. The summed E-state index contributed by atoms with van der Waals surface area (Å²) in [5.74, 6) is 1.64. The van der Waals surface area contributed by atoms with E-state index < -0.39 is 11.6 Å². The molecule has 38 heavy (non-hydrogen) atoms. The lowest BCUT2D eigenvalue weighted by molar-refractivity contribution is -0.129. The van der Waals surface area contributed by atoms with Crippen LogP contribution in [0.2, 0.25) is 0 Å². The number of hydrogen-bond donors (Lipinski definition) is 2. The molecule has 2 N–H and O–H groups in total. The average molecular weight is 579 g/mol. The van der Waals surface area contributed by atoms with Gasteiger partial charge in [-0.15, -0.1) is 0 Å². The van der Waals surface area contributed by atoms with E-state index in [0.717, 1.165) is 34.0 Å². The highest BCUT2D eigenvalue weighted by Gasteiger charge is 2.54. The summed E-state index contributed by atoms with van der Waals surface area (Å²) in [5, 5.41) is 12.2. The summed E-state index contributed by atoms with van der Waals surface area (Å²) in [6.45, 7) is 0.514. The number of ether oxygens (including phenoxy) is 3. The van der Waals surface area contributed by atoms with E-state index in [1.54, 1.807) is 7.11 Å². The maximum Gasteiger partial charge on any atom is 0.252 e. The van der Waals surface area contributed by atoms with Gasteiger partial charge in [-0.05, 0) is 72.5 Å². The molecule has 7 nitrogen and oxygen atoms in total. The van der Waals surface area contributed by atoms with E-state index in [9.17, 15) is 4.79 Å². The van der Waals surface area contributed by atoms with Gasteiger partial charge in [-0.2, -0.15) is 0 Å². The molecule has 1 aliphatic heterocycles. The fourth-order valence-electron chi connectivity index (χ4n) is 4.54. The lowest BCUT2D eigenvalue weighted by Crippen LogP contribution is -2.50. The Bertz CT molecular complexity index is 1290. The molecule has 1 aliphatic carbocycles. The van der Waals surface area contributed by atoms with Gasteiger partial charge in [0.05, 0.1) is 13.7 Å². The van der Waals surface area contributed by atoms with Crippen molar-refractivity contribution in [2.45, 2.75) is 43.4 Å². The molecule has 0 spiro atoms. The third-order valence-corrected chi connectivity index (χ3v) is 7.25. The number of carbonyl (C=O) groups is 1. The van der Waals surface area contributed by atoms with Crippen LogP contribution in [0.15, 0.2) is 82.3 Å². The second kappa shape index (κ2) is 11.6. The van der Waals surface area contributed by atoms with Crippen molar-refractivity contribution in [3.8, 4) is 11.5 Å². The molecule has 1 fully saturated rings. The second-order valence-electron chi connectivity index (χ2n) is 9.62. The minimum absolute atomic E-state index is 0.0811. The predicted molar refractivity (Wildman–Crippen MR) is 149 cm³/mol. The summed E-state index contributed by atoms with van der Waals surface area (Å²) < 4.78 is 18.7. The Morgan fingerprint density at radius 3 is 2.55 bits per heavy atom. The van der Waals surface area contributed by atoms with Crippen LogP contribution in [0.4, 0.5) is 0 Å². The molecule has 0 radical (unpaired) electrons. The first kappa shape index (κ1) is 26.3. The molecule has 2 aliphatic rings. The number of amides is 1. The summed E-state index contributed by atoms with van der Waals surface area (Å²) in [6, 6.07) is 23.2. The number of aliphatic hydroxyl groups is 1. The zero-order valence-electron chi connectivity index (χ0n) is 21.2. The van der Waals surface area contributed by atoms with Gasteiger partial charge in [0.25, 0.3) is 5.91 Å². The maximum absolute atomic E-state index is 14.0. The number of methoxy groups -OCH3 is 1. The first-order chi connectivity index (χ1) is 18.5. The molecular formula is C30H31BrN2O5. The van der Waals surface area contributed by atoms with Gasteiger partial charge in [-0.25, -0.2) is 4.99 Å². The number of rotatable bonds is 11. The summed E-state index contributed by atoms with van der Waals surface area (Å²) in [4.78, 5) is 19.1. The van der Waals surface area contributed by atoms with Gasteiger partial charge >= 0.3 is 0 Å². The van der Waals surface area contributed by atoms with Crippen molar-refractivity contribution in [1.82, 2.24) is 5.32 Å². The maximum atomic E-state index is 14.0. The summed E-state index contributed by atoms with van der Waals surface area (Å²) in [6.07, 6.45) is 2.22. The standard InChI is InChI=1S/C30H31BrN2O5/c1-36-26-5-2-4-22(18-26)27-30(29(35)32-24-12-13-24,19-20-6-10-23(31)11-7-20)33-28(38-27)21-8-14-25(15-9-21)37-17-3-16-34/h2,4-11,14-15,18,24,27,34H,3,12-13,16-17,19H2,1H3,(H,32,35)/t27-,30-/m1/s1. The van der Waals surface area contributed by atoms with Crippen molar-refractivity contribution in [3.63, 3.8) is 0 Å². The van der Waals surface area contributed by atoms with Crippen molar-refractivity contribution in [1.29, 1.82) is 0 Å². The van der Waals surface area contributed by atoms with Gasteiger partial charge in [0.1, 0.15) is 11.5 Å². The molecule has 0 aromatic heterocycles. The molecule has 1 amide bonds. The van der Waals surface area contributed by atoms with E-state index in [1.807, 2.05) is 72.8 Å². The molecule has 3 aromatic carbocycles. The van der Waals surface area contributed by atoms with Crippen molar-refractivity contribution < 1.29 is 24.1 Å². The molecule has 198 valence electrons. The molecule has 5 rings (SSSR count). The predicted octanol–water partition coefficient (Wildman–Crippen LogP) is 5.00. The van der Waals surface area contributed by atoms with Crippen LogP contribution in [0, 0.1) is 0 Å². The Balaban J connectivity index is 1.55. The third kappa shape index (κ3) is 5.87. The number of nitrogens with zero attached hydrogens (tertiary/aromatic N) is 1. The van der Waals surface area contributed by atoms with Crippen LogP contribution in [0.25, 0.3) is 0 Å². The highest BCUT2D eigenvalue weighted by molar-refractivity contribution is 9.10. The fourth-order valence-corrected chi connectivity index (χ4v) is 4.80. The Labute approximate surface area is 231 Å². The van der Waals surface area contributed by atoms with Crippen molar-refractivity contribution in [2.24, 2.45) is 4.99 Å². The monoisotopic (exact) mass is 578 g/mol. The Kier molecular flexibility index (Phi) is 8.00. The number of hydrogen-bond acceptors (Lipinski definition) is 6. The Morgan fingerprint density at radius 1 is 1.11 bits per heavy atom. The van der Waals surface area contributed by atoms with Crippen LogP contribution >= 0.6 is 15.9 Å². The minimum Gasteiger partial charge on any atom is -0.497 e. The van der Waals surface area contributed by atoms with E-state index in [2.05, 4.69) is 21.2 Å². The molecular weight excluding hydrogens is 548 g/mol. The molecule has 0 bridgehead atoms. The van der Waals surface area contributed by atoms with Crippen LogP contribution in [0.1, 0.15) is 42.1 Å². The zero-order valence-corrected chi connectivity index (χ0v) is 22.8. The molecule has 2 atom stereocenters. The van der Waals surface area contributed by atoms with Crippen LogP contribution in [-0.2, 0) is 16.0 Å². The number of carbonyl (C=O) groups excluding carboxylic acids is 1. The van der Waals surface area contributed by atoms with Crippen molar-refractivity contribution in [2.75, 3.05) is 20.3 Å². The summed E-state index contributed by atoms with van der Waals surface area (Å²) in [7, 11) is 1.62. The normalized spacial score (nSPS) is 20.4. The van der Waals surface area contributed by atoms with Crippen LogP contribution < -0.4 is 14.8 Å².